The summed E-state index contributed by atoms with van der Waals surface area (Å²) in [4.78, 5) is 2.72. The summed E-state index contributed by atoms with van der Waals surface area (Å²) in [6.45, 7) is 6.98. The van der Waals surface area contributed by atoms with Crippen molar-refractivity contribution in [3.05, 3.63) is 0 Å². The second-order valence-electron chi connectivity index (χ2n) is 8.72. The molecule has 3 fully saturated rings. The number of likely N-dealkylation sites (N-methyl/N-ethyl adjacent to an activating group) is 1. The molecule has 2 heteroatoms. The maximum absolute atomic E-state index is 6.38. The fourth-order valence-electron chi connectivity index (χ4n) is 6.22. The molecule has 0 spiro atoms. The minimum atomic E-state index is 0.286. The quantitative estimate of drug-likeness (QED) is 0.832. The molecular weight excluding hydrogens is 256 g/mol. The van der Waals surface area contributed by atoms with Gasteiger partial charge < -0.3 is 5.73 Å². The monoisotopic (exact) mass is 292 g/mol. The second kappa shape index (κ2) is 6.20. The molecule has 2 nitrogen and oxygen atoms in total. The molecule has 3 aliphatic carbocycles. The molecule has 0 amide bonds. The Hall–Kier alpha value is -0.0800. The van der Waals surface area contributed by atoms with E-state index in [1.165, 1.54) is 57.9 Å². The van der Waals surface area contributed by atoms with Gasteiger partial charge >= 0.3 is 0 Å². The van der Waals surface area contributed by atoms with Crippen molar-refractivity contribution in [3.63, 3.8) is 0 Å². The fourth-order valence-corrected chi connectivity index (χ4v) is 6.22. The molecule has 2 bridgehead atoms. The van der Waals surface area contributed by atoms with Gasteiger partial charge in [-0.25, -0.2) is 0 Å². The van der Waals surface area contributed by atoms with Gasteiger partial charge in [-0.3, -0.25) is 4.90 Å². The van der Waals surface area contributed by atoms with Crippen molar-refractivity contribution in [1.29, 1.82) is 0 Å². The molecule has 3 aliphatic rings. The van der Waals surface area contributed by atoms with Crippen molar-refractivity contribution in [2.24, 2.45) is 35.3 Å². The molecule has 0 aromatic rings. The van der Waals surface area contributed by atoms with E-state index in [1.54, 1.807) is 0 Å². The lowest BCUT2D eigenvalue weighted by Crippen LogP contribution is -2.60. The lowest BCUT2D eigenvalue weighted by Gasteiger charge is -2.52. The van der Waals surface area contributed by atoms with Crippen molar-refractivity contribution < 1.29 is 0 Å². The summed E-state index contributed by atoms with van der Waals surface area (Å²) in [7, 11) is 2.39. The highest BCUT2D eigenvalue weighted by Crippen LogP contribution is 2.50. The number of nitrogens with zero attached hydrogens (tertiary/aromatic N) is 1. The average molecular weight is 293 g/mol. The van der Waals surface area contributed by atoms with Crippen molar-refractivity contribution in [2.45, 2.75) is 70.8 Å². The van der Waals surface area contributed by atoms with E-state index in [9.17, 15) is 0 Å². The number of hydrogen-bond acceptors (Lipinski definition) is 2. The standard InChI is InChI=1S/C19H36N2/c1-14(2)18-6-4-5-9-19(18,13-20)21(3)12-17-11-15-7-8-16(17)10-15/h14-18H,4-13,20H2,1-3H3. The second-order valence-corrected chi connectivity index (χ2v) is 8.72. The third-order valence-electron chi connectivity index (χ3n) is 7.38. The topological polar surface area (TPSA) is 29.3 Å². The molecule has 2 N–H and O–H groups in total. The summed E-state index contributed by atoms with van der Waals surface area (Å²) < 4.78 is 0. The van der Waals surface area contributed by atoms with Crippen LogP contribution in [0.1, 0.15) is 65.2 Å². The predicted molar refractivity (Wildman–Crippen MR) is 90.1 cm³/mol. The summed E-state index contributed by atoms with van der Waals surface area (Å²) in [6.07, 6.45) is 11.5. The van der Waals surface area contributed by atoms with E-state index in [2.05, 4.69) is 25.8 Å². The highest BCUT2D eigenvalue weighted by molar-refractivity contribution is 5.01. The molecule has 3 rings (SSSR count). The van der Waals surface area contributed by atoms with Crippen LogP contribution in [0.15, 0.2) is 0 Å². The fraction of sp³-hybridized carbons (Fsp3) is 1.00. The van der Waals surface area contributed by atoms with Crippen LogP contribution in [0, 0.1) is 29.6 Å². The molecule has 0 aliphatic heterocycles. The normalized spacial score (nSPS) is 43.1. The van der Waals surface area contributed by atoms with Gasteiger partial charge in [0.25, 0.3) is 0 Å². The van der Waals surface area contributed by atoms with E-state index in [-0.39, 0.29) is 5.54 Å². The van der Waals surface area contributed by atoms with E-state index in [4.69, 9.17) is 5.73 Å². The first kappa shape index (κ1) is 15.8. The molecule has 5 unspecified atom stereocenters. The molecule has 5 atom stereocenters. The van der Waals surface area contributed by atoms with E-state index < -0.39 is 0 Å². The van der Waals surface area contributed by atoms with Gasteiger partial charge in [-0.2, -0.15) is 0 Å². The zero-order chi connectivity index (χ0) is 15.0. The number of nitrogens with two attached hydrogens (primary N) is 1. The van der Waals surface area contributed by atoms with Crippen LogP contribution in [0.25, 0.3) is 0 Å². The Bertz CT molecular complexity index is 353. The van der Waals surface area contributed by atoms with E-state index in [0.29, 0.717) is 0 Å². The highest BCUT2D eigenvalue weighted by Gasteiger charge is 2.46. The summed E-state index contributed by atoms with van der Waals surface area (Å²) in [5, 5.41) is 0. The van der Waals surface area contributed by atoms with E-state index in [0.717, 1.165) is 36.1 Å². The van der Waals surface area contributed by atoms with Gasteiger partial charge in [0.1, 0.15) is 0 Å². The van der Waals surface area contributed by atoms with Gasteiger partial charge in [0, 0.05) is 18.6 Å². The first-order chi connectivity index (χ1) is 10.1. The van der Waals surface area contributed by atoms with Gasteiger partial charge in [0.2, 0.25) is 0 Å². The largest absolute Gasteiger partial charge is 0.329 e. The van der Waals surface area contributed by atoms with Gasteiger partial charge in [-0.05, 0) is 68.7 Å². The minimum Gasteiger partial charge on any atom is -0.329 e. The van der Waals surface area contributed by atoms with Gasteiger partial charge in [0.15, 0.2) is 0 Å². The molecule has 0 heterocycles. The van der Waals surface area contributed by atoms with Gasteiger partial charge in [-0.1, -0.05) is 33.1 Å². The van der Waals surface area contributed by atoms with Crippen molar-refractivity contribution in [1.82, 2.24) is 4.90 Å². The third kappa shape index (κ3) is 2.79. The third-order valence-corrected chi connectivity index (χ3v) is 7.38. The molecule has 0 radical (unpaired) electrons. The summed E-state index contributed by atoms with van der Waals surface area (Å²) >= 11 is 0. The number of rotatable bonds is 5. The van der Waals surface area contributed by atoms with Crippen LogP contribution >= 0.6 is 0 Å². The molecule has 0 aromatic heterocycles. The maximum atomic E-state index is 6.38. The lowest BCUT2D eigenvalue weighted by molar-refractivity contribution is -0.0100. The van der Waals surface area contributed by atoms with Gasteiger partial charge in [-0.15, -0.1) is 0 Å². The number of hydrogen-bond donors (Lipinski definition) is 1. The van der Waals surface area contributed by atoms with Crippen LogP contribution < -0.4 is 5.73 Å². The smallest absolute Gasteiger partial charge is 0.0359 e. The van der Waals surface area contributed by atoms with E-state index in [1.807, 2.05) is 0 Å². The van der Waals surface area contributed by atoms with E-state index >= 15 is 0 Å². The van der Waals surface area contributed by atoms with Crippen LogP contribution in [0.2, 0.25) is 0 Å². The zero-order valence-corrected chi connectivity index (χ0v) is 14.5. The lowest BCUT2D eigenvalue weighted by atomic mass is 9.66. The Morgan fingerprint density at radius 3 is 2.52 bits per heavy atom. The Kier molecular flexibility index (Phi) is 4.66. The Morgan fingerprint density at radius 1 is 1.14 bits per heavy atom. The maximum Gasteiger partial charge on any atom is 0.0359 e. The molecule has 3 saturated carbocycles. The summed E-state index contributed by atoms with van der Waals surface area (Å²) in [6, 6.07) is 0. The highest BCUT2D eigenvalue weighted by atomic mass is 15.2. The first-order valence-corrected chi connectivity index (χ1v) is 9.48. The predicted octanol–water partition coefficient (Wildman–Crippen LogP) is 3.90. The Balaban J connectivity index is 1.71. The van der Waals surface area contributed by atoms with Crippen LogP contribution in [0.4, 0.5) is 0 Å². The number of fused-ring (bicyclic) bond motifs is 2. The Morgan fingerprint density at radius 2 is 1.95 bits per heavy atom. The molecule has 0 aromatic carbocycles. The molecule has 0 saturated heterocycles. The molecule has 21 heavy (non-hydrogen) atoms. The first-order valence-electron chi connectivity index (χ1n) is 9.48. The van der Waals surface area contributed by atoms with Crippen LogP contribution in [-0.4, -0.2) is 30.6 Å². The van der Waals surface area contributed by atoms with Gasteiger partial charge in [0.05, 0.1) is 0 Å². The van der Waals surface area contributed by atoms with Crippen molar-refractivity contribution in [3.8, 4) is 0 Å². The van der Waals surface area contributed by atoms with Crippen molar-refractivity contribution in [2.75, 3.05) is 20.1 Å². The molecular formula is C19H36N2. The minimum absolute atomic E-state index is 0.286. The molecule has 122 valence electrons. The summed E-state index contributed by atoms with van der Waals surface area (Å²) in [5.74, 6) is 4.62. The summed E-state index contributed by atoms with van der Waals surface area (Å²) in [5.41, 5.74) is 6.66. The average Bonchev–Trinajstić information content (AvgIpc) is 3.09. The van der Waals surface area contributed by atoms with Crippen LogP contribution in [-0.2, 0) is 0 Å². The van der Waals surface area contributed by atoms with Crippen molar-refractivity contribution >= 4 is 0 Å². The van der Waals surface area contributed by atoms with Crippen LogP contribution in [0.5, 0.6) is 0 Å². The SMILES string of the molecule is CC(C)C1CCCCC1(CN)N(C)CC1CC2CCC1C2. The Labute approximate surface area is 131 Å². The van der Waals surface area contributed by atoms with Crippen LogP contribution in [0.3, 0.4) is 0 Å². The zero-order valence-electron chi connectivity index (χ0n) is 14.5.